The van der Waals surface area contributed by atoms with E-state index in [4.69, 9.17) is 10.5 Å². The molecule has 1 aromatic heterocycles. The summed E-state index contributed by atoms with van der Waals surface area (Å²) in [4.78, 5) is 11.7. The molecule has 2 aromatic rings. The van der Waals surface area contributed by atoms with Gasteiger partial charge in [0.25, 0.3) is 0 Å². The number of hydrogen-bond donors (Lipinski definition) is 1. The van der Waals surface area contributed by atoms with E-state index in [1.54, 1.807) is 11.6 Å². The Bertz CT molecular complexity index is 617. The van der Waals surface area contributed by atoms with Crippen molar-refractivity contribution in [1.29, 1.82) is 0 Å². The van der Waals surface area contributed by atoms with Crippen LogP contribution in [0.15, 0.2) is 24.4 Å². The number of esters is 1. The molecule has 0 amide bonds. The monoisotopic (exact) mass is 259 g/mol. The van der Waals surface area contributed by atoms with E-state index in [2.05, 4.69) is 5.10 Å². The average Bonchev–Trinajstić information content (AvgIpc) is 2.75. The number of nitrogen functional groups attached to an aromatic ring is 1. The molecule has 1 aromatic carbocycles. The average molecular weight is 259 g/mol. The SMILES string of the molecule is CCOC(=O)c1cnn(-c2cccc(C)c2C)c1N. The number of benzene rings is 1. The van der Waals surface area contributed by atoms with Crippen molar-refractivity contribution in [3.8, 4) is 5.69 Å². The van der Waals surface area contributed by atoms with Gasteiger partial charge in [0.05, 0.1) is 18.5 Å². The standard InChI is InChI=1S/C14H17N3O2/c1-4-19-14(18)11-8-16-17(13(11)15)12-7-5-6-9(2)10(12)3/h5-8H,4,15H2,1-3H3. The minimum Gasteiger partial charge on any atom is -0.462 e. The van der Waals surface area contributed by atoms with Gasteiger partial charge in [-0.05, 0) is 38.0 Å². The van der Waals surface area contributed by atoms with Gasteiger partial charge in [-0.1, -0.05) is 12.1 Å². The summed E-state index contributed by atoms with van der Waals surface area (Å²) >= 11 is 0. The Balaban J connectivity index is 2.48. The topological polar surface area (TPSA) is 70.1 Å². The van der Waals surface area contributed by atoms with Gasteiger partial charge in [-0.2, -0.15) is 5.10 Å². The van der Waals surface area contributed by atoms with Crippen LogP contribution in [-0.2, 0) is 4.74 Å². The zero-order chi connectivity index (χ0) is 14.0. The Kier molecular flexibility index (Phi) is 3.55. The Hall–Kier alpha value is -2.30. The predicted octanol–water partition coefficient (Wildman–Crippen LogP) is 2.25. The number of hydrogen-bond acceptors (Lipinski definition) is 4. The summed E-state index contributed by atoms with van der Waals surface area (Å²) < 4.78 is 6.50. The minimum atomic E-state index is -0.448. The molecule has 100 valence electrons. The van der Waals surface area contributed by atoms with Gasteiger partial charge in [-0.25, -0.2) is 9.48 Å². The smallest absolute Gasteiger partial charge is 0.343 e. The normalized spacial score (nSPS) is 10.5. The number of nitrogens with zero attached hydrogens (tertiary/aromatic N) is 2. The predicted molar refractivity (Wildman–Crippen MR) is 73.4 cm³/mol. The third kappa shape index (κ3) is 2.31. The van der Waals surface area contributed by atoms with Crippen molar-refractivity contribution in [3.63, 3.8) is 0 Å². The third-order valence-electron chi connectivity index (χ3n) is 3.11. The Morgan fingerprint density at radius 2 is 2.16 bits per heavy atom. The number of aromatic nitrogens is 2. The molecule has 0 saturated heterocycles. The molecule has 0 aliphatic carbocycles. The summed E-state index contributed by atoms with van der Waals surface area (Å²) in [5, 5.41) is 4.18. The first kappa shape index (κ1) is 13.1. The number of carbonyl (C=O) groups is 1. The molecule has 5 heteroatoms. The second-order valence-corrected chi connectivity index (χ2v) is 4.29. The lowest BCUT2D eigenvalue weighted by Crippen LogP contribution is -2.09. The molecular weight excluding hydrogens is 242 g/mol. The maximum Gasteiger partial charge on any atom is 0.343 e. The van der Waals surface area contributed by atoms with E-state index in [0.29, 0.717) is 18.0 Å². The van der Waals surface area contributed by atoms with Crippen molar-refractivity contribution >= 4 is 11.8 Å². The first-order valence-electron chi connectivity index (χ1n) is 6.13. The van der Waals surface area contributed by atoms with Crippen molar-refractivity contribution in [2.45, 2.75) is 20.8 Å². The summed E-state index contributed by atoms with van der Waals surface area (Å²) in [7, 11) is 0. The highest BCUT2D eigenvalue weighted by molar-refractivity contribution is 5.94. The number of carbonyl (C=O) groups excluding carboxylic acids is 1. The molecule has 2 rings (SSSR count). The van der Waals surface area contributed by atoms with E-state index in [0.717, 1.165) is 16.8 Å². The fourth-order valence-corrected chi connectivity index (χ4v) is 1.88. The van der Waals surface area contributed by atoms with Gasteiger partial charge >= 0.3 is 5.97 Å². The summed E-state index contributed by atoms with van der Waals surface area (Å²) in [5.74, 6) is -0.149. The molecule has 1 heterocycles. The highest BCUT2D eigenvalue weighted by Crippen LogP contribution is 2.22. The van der Waals surface area contributed by atoms with Crippen LogP contribution in [0.3, 0.4) is 0 Å². The van der Waals surface area contributed by atoms with Crippen LogP contribution in [-0.4, -0.2) is 22.4 Å². The van der Waals surface area contributed by atoms with Gasteiger partial charge in [0.15, 0.2) is 0 Å². The third-order valence-corrected chi connectivity index (χ3v) is 3.11. The number of ether oxygens (including phenoxy) is 1. The van der Waals surface area contributed by atoms with E-state index in [-0.39, 0.29) is 0 Å². The number of rotatable bonds is 3. The molecular formula is C14H17N3O2. The van der Waals surface area contributed by atoms with Crippen LogP contribution >= 0.6 is 0 Å². The van der Waals surface area contributed by atoms with Crippen molar-refractivity contribution in [3.05, 3.63) is 41.1 Å². The fraction of sp³-hybridized carbons (Fsp3) is 0.286. The Morgan fingerprint density at radius 1 is 1.42 bits per heavy atom. The van der Waals surface area contributed by atoms with Crippen molar-refractivity contribution in [2.75, 3.05) is 12.3 Å². The van der Waals surface area contributed by atoms with E-state index in [1.165, 1.54) is 6.20 Å². The van der Waals surface area contributed by atoms with Crippen molar-refractivity contribution < 1.29 is 9.53 Å². The van der Waals surface area contributed by atoms with Crippen LogP contribution < -0.4 is 5.73 Å². The van der Waals surface area contributed by atoms with E-state index in [1.807, 2.05) is 32.0 Å². The van der Waals surface area contributed by atoms with E-state index >= 15 is 0 Å². The number of anilines is 1. The van der Waals surface area contributed by atoms with Crippen LogP contribution in [0.5, 0.6) is 0 Å². The largest absolute Gasteiger partial charge is 0.462 e. The molecule has 0 atom stereocenters. The molecule has 0 aliphatic rings. The van der Waals surface area contributed by atoms with E-state index < -0.39 is 5.97 Å². The van der Waals surface area contributed by atoms with Crippen LogP contribution in [0.4, 0.5) is 5.82 Å². The van der Waals surface area contributed by atoms with Gasteiger partial charge in [0.2, 0.25) is 0 Å². The number of nitrogens with two attached hydrogens (primary N) is 1. The first-order chi connectivity index (χ1) is 9.06. The van der Waals surface area contributed by atoms with Gasteiger partial charge < -0.3 is 10.5 Å². The lowest BCUT2D eigenvalue weighted by molar-refractivity contribution is 0.0527. The quantitative estimate of drug-likeness (QED) is 0.858. The molecule has 19 heavy (non-hydrogen) atoms. The summed E-state index contributed by atoms with van der Waals surface area (Å²) in [6, 6.07) is 5.87. The lowest BCUT2D eigenvalue weighted by Gasteiger charge is -2.10. The zero-order valence-corrected chi connectivity index (χ0v) is 11.3. The van der Waals surface area contributed by atoms with Crippen LogP contribution in [0.2, 0.25) is 0 Å². The van der Waals surface area contributed by atoms with Crippen molar-refractivity contribution in [1.82, 2.24) is 9.78 Å². The molecule has 0 bridgehead atoms. The van der Waals surface area contributed by atoms with Gasteiger partial charge in [-0.15, -0.1) is 0 Å². The molecule has 0 radical (unpaired) electrons. The maximum absolute atomic E-state index is 11.7. The minimum absolute atomic E-state index is 0.294. The molecule has 0 unspecified atom stereocenters. The molecule has 0 aliphatic heterocycles. The second-order valence-electron chi connectivity index (χ2n) is 4.29. The summed E-state index contributed by atoms with van der Waals surface area (Å²) in [5.41, 5.74) is 9.37. The van der Waals surface area contributed by atoms with Crippen LogP contribution in [0.1, 0.15) is 28.4 Å². The molecule has 5 nitrogen and oxygen atoms in total. The van der Waals surface area contributed by atoms with E-state index in [9.17, 15) is 4.79 Å². The lowest BCUT2D eigenvalue weighted by atomic mass is 10.1. The van der Waals surface area contributed by atoms with Crippen LogP contribution in [0, 0.1) is 13.8 Å². The highest BCUT2D eigenvalue weighted by Gasteiger charge is 2.17. The Morgan fingerprint density at radius 3 is 2.84 bits per heavy atom. The molecule has 0 fully saturated rings. The maximum atomic E-state index is 11.7. The first-order valence-corrected chi connectivity index (χ1v) is 6.13. The van der Waals surface area contributed by atoms with Crippen molar-refractivity contribution in [2.24, 2.45) is 0 Å². The van der Waals surface area contributed by atoms with Gasteiger partial charge in [0.1, 0.15) is 11.4 Å². The summed E-state index contributed by atoms with van der Waals surface area (Å²) in [6.45, 7) is 6.08. The molecule has 0 spiro atoms. The summed E-state index contributed by atoms with van der Waals surface area (Å²) in [6.07, 6.45) is 1.44. The highest BCUT2D eigenvalue weighted by atomic mass is 16.5. The van der Waals surface area contributed by atoms with Gasteiger partial charge in [-0.3, -0.25) is 0 Å². The zero-order valence-electron chi connectivity index (χ0n) is 11.3. The van der Waals surface area contributed by atoms with Crippen LogP contribution in [0.25, 0.3) is 5.69 Å². The number of aryl methyl sites for hydroxylation is 1. The fourth-order valence-electron chi connectivity index (χ4n) is 1.88. The van der Waals surface area contributed by atoms with Gasteiger partial charge in [0, 0.05) is 0 Å². The molecule has 0 saturated carbocycles. The molecule has 2 N–H and O–H groups in total. The Labute approximate surface area is 112 Å². The second kappa shape index (κ2) is 5.14.